The van der Waals surface area contributed by atoms with Crippen LogP contribution >= 0.6 is 0 Å². The number of rotatable bonds is 3. The van der Waals surface area contributed by atoms with E-state index in [1.54, 1.807) is 32.5 Å². The first kappa shape index (κ1) is 11.6. The number of nitrogens with one attached hydrogen (secondary N) is 1. The number of nitrogens with zero attached hydrogens (tertiary/aromatic N) is 1. The van der Waals surface area contributed by atoms with Gasteiger partial charge in [-0.25, -0.2) is 0 Å². The van der Waals surface area contributed by atoms with Crippen molar-refractivity contribution in [2.45, 2.75) is 20.8 Å². The molecule has 0 radical (unpaired) electrons. The number of aliphatic imine (C=N–C) groups is 1. The molecule has 1 N–H and O–H groups in total. The van der Waals surface area contributed by atoms with Crippen LogP contribution in [0.1, 0.15) is 20.8 Å². The van der Waals surface area contributed by atoms with Crippen molar-refractivity contribution in [3.8, 4) is 0 Å². The van der Waals surface area contributed by atoms with Gasteiger partial charge < -0.3 is 5.32 Å². The number of carbonyl (C=O) groups is 1. The number of allylic oxidation sites excluding steroid dienone is 1. The Morgan fingerprint density at radius 1 is 1.38 bits per heavy atom. The summed E-state index contributed by atoms with van der Waals surface area (Å²) in [6.07, 6.45) is 4.99. The molecule has 0 aromatic carbocycles. The third-order valence-electron chi connectivity index (χ3n) is 1.30. The molecule has 3 nitrogen and oxygen atoms in total. The maximum atomic E-state index is 11.3. The van der Waals surface area contributed by atoms with Gasteiger partial charge in [-0.15, -0.1) is 0 Å². The van der Waals surface area contributed by atoms with Gasteiger partial charge in [0.25, 0.3) is 5.91 Å². The van der Waals surface area contributed by atoms with Crippen LogP contribution in [-0.2, 0) is 4.79 Å². The van der Waals surface area contributed by atoms with Gasteiger partial charge in [0.05, 0.1) is 5.57 Å². The first-order valence-corrected chi connectivity index (χ1v) is 4.16. The Balaban J connectivity index is 4.76. The standard InChI is InChI=1S/C10H16N2O/c1-5-12-7-9(6-8(2)3)10(13)11-4/h5-7H,1-4H3,(H,11,13)/b9-7+,12-5-. The van der Waals surface area contributed by atoms with Crippen molar-refractivity contribution < 1.29 is 4.79 Å². The van der Waals surface area contributed by atoms with Gasteiger partial charge in [-0.3, -0.25) is 9.79 Å². The summed E-state index contributed by atoms with van der Waals surface area (Å²) >= 11 is 0. The molecule has 0 aliphatic carbocycles. The molecule has 1 amide bonds. The van der Waals surface area contributed by atoms with E-state index in [4.69, 9.17) is 0 Å². The second-order valence-corrected chi connectivity index (χ2v) is 2.79. The molecule has 13 heavy (non-hydrogen) atoms. The van der Waals surface area contributed by atoms with Crippen LogP contribution in [0.3, 0.4) is 0 Å². The quantitative estimate of drug-likeness (QED) is 0.400. The average molecular weight is 180 g/mol. The van der Waals surface area contributed by atoms with Crippen LogP contribution in [0, 0.1) is 0 Å². The van der Waals surface area contributed by atoms with E-state index in [1.165, 1.54) is 0 Å². The Kier molecular flexibility index (Phi) is 5.52. The van der Waals surface area contributed by atoms with Gasteiger partial charge in [0.2, 0.25) is 0 Å². The highest BCUT2D eigenvalue weighted by molar-refractivity contribution is 5.96. The van der Waals surface area contributed by atoms with Crippen LogP contribution < -0.4 is 5.32 Å². The van der Waals surface area contributed by atoms with Crippen molar-refractivity contribution in [2.75, 3.05) is 7.05 Å². The lowest BCUT2D eigenvalue weighted by molar-refractivity contribution is -0.116. The van der Waals surface area contributed by atoms with E-state index >= 15 is 0 Å². The fourth-order valence-electron chi connectivity index (χ4n) is 0.772. The Morgan fingerprint density at radius 3 is 2.38 bits per heavy atom. The summed E-state index contributed by atoms with van der Waals surface area (Å²) < 4.78 is 0. The molecule has 0 heterocycles. The smallest absolute Gasteiger partial charge is 0.252 e. The predicted octanol–water partition coefficient (Wildman–Crippen LogP) is 1.67. The lowest BCUT2D eigenvalue weighted by Crippen LogP contribution is -2.19. The highest BCUT2D eigenvalue weighted by atomic mass is 16.1. The van der Waals surface area contributed by atoms with Crippen LogP contribution in [-0.4, -0.2) is 19.2 Å². The molecule has 0 aromatic rings. The lowest BCUT2D eigenvalue weighted by atomic mass is 10.2. The zero-order valence-corrected chi connectivity index (χ0v) is 8.59. The second kappa shape index (κ2) is 6.17. The number of amides is 1. The Morgan fingerprint density at radius 2 is 2.00 bits per heavy atom. The van der Waals surface area contributed by atoms with Crippen LogP contribution in [0.25, 0.3) is 0 Å². The highest BCUT2D eigenvalue weighted by Gasteiger charge is 2.02. The molecule has 3 heteroatoms. The minimum Gasteiger partial charge on any atom is -0.355 e. The number of likely N-dealkylation sites (N-methyl/N-ethyl adjacent to an activating group) is 1. The molecule has 0 aliphatic rings. The minimum absolute atomic E-state index is 0.119. The summed E-state index contributed by atoms with van der Waals surface area (Å²) in [7, 11) is 1.60. The van der Waals surface area contributed by atoms with Crippen molar-refractivity contribution in [2.24, 2.45) is 4.99 Å². The molecule has 0 aromatic heterocycles. The molecule has 0 unspecified atom stereocenters. The molecule has 0 bridgehead atoms. The van der Waals surface area contributed by atoms with Crippen molar-refractivity contribution >= 4 is 12.1 Å². The van der Waals surface area contributed by atoms with Gasteiger partial charge in [-0.1, -0.05) is 5.57 Å². The lowest BCUT2D eigenvalue weighted by Gasteiger charge is -1.99. The number of hydrogen-bond acceptors (Lipinski definition) is 2. The summed E-state index contributed by atoms with van der Waals surface area (Å²) in [5.41, 5.74) is 1.64. The van der Waals surface area contributed by atoms with E-state index in [1.807, 2.05) is 13.8 Å². The number of hydrogen-bond donors (Lipinski definition) is 1. The first-order valence-electron chi connectivity index (χ1n) is 4.16. The van der Waals surface area contributed by atoms with Gasteiger partial charge in [-0.2, -0.15) is 0 Å². The zero-order chi connectivity index (χ0) is 10.3. The van der Waals surface area contributed by atoms with Crippen molar-refractivity contribution in [1.82, 2.24) is 5.32 Å². The van der Waals surface area contributed by atoms with E-state index in [0.717, 1.165) is 5.57 Å². The van der Waals surface area contributed by atoms with Gasteiger partial charge in [-0.05, 0) is 26.8 Å². The third kappa shape index (κ3) is 4.95. The summed E-state index contributed by atoms with van der Waals surface area (Å²) in [5.74, 6) is -0.119. The van der Waals surface area contributed by atoms with E-state index in [2.05, 4.69) is 10.3 Å². The average Bonchev–Trinajstić information content (AvgIpc) is 2.10. The topological polar surface area (TPSA) is 41.5 Å². The summed E-state index contributed by atoms with van der Waals surface area (Å²) in [6, 6.07) is 0. The number of carbonyl (C=O) groups excluding carboxylic acids is 1. The summed E-state index contributed by atoms with van der Waals surface area (Å²) in [6.45, 7) is 5.68. The van der Waals surface area contributed by atoms with Crippen LogP contribution in [0.4, 0.5) is 0 Å². The minimum atomic E-state index is -0.119. The molecule has 0 saturated carbocycles. The monoisotopic (exact) mass is 180 g/mol. The molecule has 0 aliphatic heterocycles. The largest absolute Gasteiger partial charge is 0.355 e. The Labute approximate surface area is 79.3 Å². The van der Waals surface area contributed by atoms with Gasteiger partial charge in [0.1, 0.15) is 0 Å². The van der Waals surface area contributed by atoms with Crippen LogP contribution in [0.5, 0.6) is 0 Å². The molecule has 0 saturated heterocycles. The van der Waals surface area contributed by atoms with E-state index < -0.39 is 0 Å². The molecule has 0 fully saturated rings. The Hall–Kier alpha value is -1.38. The fourth-order valence-corrected chi connectivity index (χ4v) is 0.772. The van der Waals surface area contributed by atoms with Crippen molar-refractivity contribution in [3.63, 3.8) is 0 Å². The normalized spacial score (nSPS) is 11.5. The van der Waals surface area contributed by atoms with E-state index in [0.29, 0.717) is 5.57 Å². The van der Waals surface area contributed by atoms with Crippen LogP contribution in [0.2, 0.25) is 0 Å². The van der Waals surface area contributed by atoms with Crippen molar-refractivity contribution in [3.05, 3.63) is 23.4 Å². The predicted molar refractivity (Wildman–Crippen MR) is 55.7 cm³/mol. The van der Waals surface area contributed by atoms with E-state index in [9.17, 15) is 4.79 Å². The molecule has 0 atom stereocenters. The molecular formula is C10H16N2O. The summed E-state index contributed by atoms with van der Waals surface area (Å²) in [4.78, 5) is 15.2. The third-order valence-corrected chi connectivity index (χ3v) is 1.30. The maximum absolute atomic E-state index is 11.3. The first-order chi connectivity index (χ1) is 6.11. The molecule has 0 rings (SSSR count). The fraction of sp³-hybridized carbons (Fsp3) is 0.400. The van der Waals surface area contributed by atoms with Crippen molar-refractivity contribution in [1.29, 1.82) is 0 Å². The molecule has 0 spiro atoms. The van der Waals surface area contributed by atoms with E-state index in [-0.39, 0.29) is 5.91 Å². The SMILES string of the molecule is C/C=N\C=C(/C=C(C)C)C(=O)NC. The molecular weight excluding hydrogens is 164 g/mol. The summed E-state index contributed by atoms with van der Waals surface area (Å²) in [5, 5.41) is 2.55. The van der Waals surface area contributed by atoms with Gasteiger partial charge >= 0.3 is 0 Å². The van der Waals surface area contributed by atoms with Crippen LogP contribution in [0.15, 0.2) is 28.4 Å². The Bertz CT molecular complexity index is 258. The second-order valence-electron chi connectivity index (χ2n) is 2.79. The van der Waals surface area contributed by atoms with Gasteiger partial charge in [0.15, 0.2) is 0 Å². The highest BCUT2D eigenvalue weighted by Crippen LogP contribution is 2.02. The zero-order valence-electron chi connectivity index (χ0n) is 8.59. The maximum Gasteiger partial charge on any atom is 0.252 e. The molecule has 72 valence electrons. The van der Waals surface area contributed by atoms with Gasteiger partial charge in [0, 0.05) is 19.5 Å².